The van der Waals surface area contributed by atoms with Crippen LogP contribution in [0.25, 0.3) is 11.1 Å². The third-order valence-corrected chi connectivity index (χ3v) is 3.06. The van der Waals surface area contributed by atoms with E-state index in [4.69, 9.17) is 4.74 Å². The molecule has 0 atom stereocenters. The molecule has 6 heteroatoms. The van der Waals surface area contributed by atoms with E-state index >= 15 is 0 Å². The third kappa shape index (κ3) is 3.27. The topological polar surface area (TPSA) is 39.2 Å². The number of carbonyl (C=O) groups excluding carboxylic acids is 1. The molecule has 0 fully saturated rings. The molecule has 2 rings (SSSR count). The van der Waals surface area contributed by atoms with Crippen LogP contribution < -0.4 is 0 Å². The van der Waals surface area contributed by atoms with Crippen LogP contribution in [0.3, 0.4) is 0 Å². The summed E-state index contributed by atoms with van der Waals surface area (Å²) in [6.07, 6.45) is -4.58. The van der Waals surface area contributed by atoms with Crippen LogP contribution in [0.15, 0.2) is 36.4 Å². The van der Waals surface area contributed by atoms with Crippen molar-refractivity contribution in [3.05, 3.63) is 53.3 Å². The lowest BCUT2D eigenvalue weighted by atomic mass is 9.98. The summed E-state index contributed by atoms with van der Waals surface area (Å²) in [5.41, 5.74) is -0.314. The van der Waals surface area contributed by atoms with Gasteiger partial charge >= 0.3 is 12.1 Å². The SMILES string of the molecule is CCOC(=O)c1c(-c2ccccc2)cc(C(F)(F)F)nc1C. The molecule has 0 spiro atoms. The normalized spacial score (nSPS) is 11.3. The summed E-state index contributed by atoms with van der Waals surface area (Å²) in [6, 6.07) is 9.27. The van der Waals surface area contributed by atoms with Gasteiger partial charge in [0.1, 0.15) is 5.69 Å². The molecule has 0 aliphatic carbocycles. The molecule has 1 aromatic carbocycles. The summed E-state index contributed by atoms with van der Waals surface area (Å²) in [5, 5.41) is 0. The van der Waals surface area contributed by atoms with Crippen molar-refractivity contribution in [1.82, 2.24) is 4.98 Å². The van der Waals surface area contributed by atoms with E-state index in [0.717, 1.165) is 6.07 Å². The molecule has 2 aromatic rings. The standard InChI is InChI=1S/C16H14F3NO2/c1-3-22-15(21)14-10(2)20-13(16(17,18)19)9-12(14)11-7-5-4-6-8-11/h4-9H,3H2,1-2H3. The minimum atomic E-state index is -4.58. The average Bonchev–Trinajstić information content (AvgIpc) is 2.46. The zero-order valence-electron chi connectivity index (χ0n) is 12.1. The zero-order valence-corrected chi connectivity index (χ0v) is 12.1. The van der Waals surface area contributed by atoms with Gasteiger partial charge in [0.05, 0.1) is 17.9 Å². The molecule has 116 valence electrons. The number of hydrogen-bond acceptors (Lipinski definition) is 3. The Hall–Kier alpha value is -2.37. The highest BCUT2D eigenvalue weighted by molar-refractivity contribution is 5.98. The fraction of sp³-hybridized carbons (Fsp3) is 0.250. The van der Waals surface area contributed by atoms with Gasteiger partial charge in [0.25, 0.3) is 0 Å². The Morgan fingerprint density at radius 3 is 2.41 bits per heavy atom. The number of alkyl halides is 3. The van der Waals surface area contributed by atoms with Gasteiger partial charge in [-0.05, 0) is 25.5 Å². The number of pyridine rings is 1. The van der Waals surface area contributed by atoms with E-state index in [1.54, 1.807) is 37.3 Å². The zero-order chi connectivity index (χ0) is 16.3. The Kier molecular flexibility index (Phi) is 4.49. The Morgan fingerprint density at radius 2 is 1.86 bits per heavy atom. The van der Waals surface area contributed by atoms with Crippen LogP contribution in [0.4, 0.5) is 13.2 Å². The first-order chi connectivity index (χ1) is 10.3. The number of aromatic nitrogens is 1. The second kappa shape index (κ2) is 6.17. The molecule has 0 N–H and O–H groups in total. The lowest BCUT2D eigenvalue weighted by molar-refractivity contribution is -0.141. The number of hydrogen-bond donors (Lipinski definition) is 0. The van der Waals surface area contributed by atoms with Gasteiger partial charge in [0, 0.05) is 5.56 Å². The Bertz CT molecular complexity index is 682. The van der Waals surface area contributed by atoms with Gasteiger partial charge in [-0.15, -0.1) is 0 Å². The Balaban J connectivity index is 2.70. The highest BCUT2D eigenvalue weighted by Gasteiger charge is 2.34. The van der Waals surface area contributed by atoms with Gasteiger partial charge in [0.15, 0.2) is 0 Å². The lowest BCUT2D eigenvalue weighted by Gasteiger charge is -2.15. The van der Waals surface area contributed by atoms with Crippen LogP contribution in [0.5, 0.6) is 0 Å². The number of rotatable bonds is 3. The van der Waals surface area contributed by atoms with E-state index in [-0.39, 0.29) is 23.4 Å². The van der Waals surface area contributed by atoms with Crippen molar-refractivity contribution in [3.63, 3.8) is 0 Å². The van der Waals surface area contributed by atoms with Gasteiger partial charge in [-0.1, -0.05) is 30.3 Å². The van der Waals surface area contributed by atoms with Gasteiger partial charge in [-0.3, -0.25) is 0 Å². The van der Waals surface area contributed by atoms with Crippen LogP contribution in [-0.4, -0.2) is 17.6 Å². The van der Waals surface area contributed by atoms with Crippen LogP contribution in [-0.2, 0) is 10.9 Å². The molecule has 0 saturated heterocycles. The third-order valence-electron chi connectivity index (χ3n) is 3.06. The van der Waals surface area contributed by atoms with Gasteiger partial charge in [-0.2, -0.15) is 13.2 Å². The predicted molar refractivity (Wildman–Crippen MR) is 75.4 cm³/mol. The number of halogens is 3. The molecule has 22 heavy (non-hydrogen) atoms. The minimum Gasteiger partial charge on any atom is -0.462 e. The number of aryl methyl sites for hydroxylation is 1. The molecule has 0 aliphatic heterocycles. The highest BCUT2D eigenvalue weighted by atomic mass is 19.4. The molecular formula is C16H14F3NO2. The van der Waals surface area contributed by atoms with Crippen molar-refractivity contribution >= 4 is 5.97 Å². The maximum absolute atomic E-state index is 13.0. The number of benzene rings is 1. The molecular weight excluding hydrogens is 295 g/mol. The maximum atomic E-state index is 13.0. The first-order valence-corrected chi connectivity index (χ1v) is 6.66. The molecule has 0 bridgehead atoms. The number of carbonyl (C=O) groups is 1. The van der Waals surface area contributed by atoms with Gasteiger partial charge < -0.3 is 4.74 Å². The van der Waals surface area contributed by atoms with Crippen molar-refractivity contribution in [2.24, 2.45) is 0 Å². The molecule has 0 saturated carbocycles. The van der Waals surface area contributed by atoms with Crippen molar-refractivity contribution in [2.45, 2.75) is 20.0 Å². The van der Waals surface area contributed by atoms with Crippen LogP contribution >= 0.6 is 0 Å². The lowest BCUT2D eigenvalue weighted by Crippen LogP contribution is -2.15. The van der Waals surface area contributed by atoms with E-state index in [1.807, 2.05) is 0 Å². The van der Waals surface area contributed by atoms with E-state index in [9.17, 15) is 18.0 Å². The average molecular weight is 309 g/mol. The summed E-state index contributed by atoms with van der Waals surface area (Å²) in [4.78, 5) is 15.6. The first kappa shape index (κ1) is 16.0. The van der Waals surface area contributed by atoms with E-state index in [2.05, 4.69) is 4.98 Å². The van der Waals surface area contributed by atoms with Gasteiger partial charge in [0.2, 0.25) is 0 Å². The van der Waals surface area contributed by atoms with Crippen molar-refractivity contribution in [3.8, 4) is 11.1 Å². The number of ether oxygens (including phenoxy) is 1. The van der Waals surface area contributed by atoms with Crippen LogP contribution in [0.1, 0.15) is 28.7 Å². The smallest absolute Gasteiger partial charge is 0.433 e. The predicted octanol–water partition coefficient (Wildman–Crippen LogP) is 4.25. The van der Waals surface area contributed by atoms with Crippen LogP contribution in [0, 0.1) is 6.92 Å². The quantitative estimate of drug-likeness (QED) is 0.796. The number of esters is 1. The minimum absolute atomic E-state index is 0.00729. The van der Waals surface area contributed by atoms with Crippen LogP contribution in [0.2, 0.25) is 0 Å². The second-order valence-electron chi connectivity index (χ2n) is 4.60. The molecule has 3 nitrogen and oxygen atoms in total. The Labute approximate surface area is 125 Å². The second-order valence-corrected chi connectivity index (χ2v) is 4.60. The summed E-state index contributed by atoms with van der Waals surface area (Å²) >= 11 is 0. The largest absolute Gasteiger partial charge is 0.462 e. The fourth-order valence-electron chi connectivity index (χ4n) is 2.12. The van der Waals surface area contributed by atoms with E-state index in [1.165, 1.54) is 6.92 Å². The van der Waals surface area contributed by atoms with Crippen molar-refractivity contribution in [2.75, 3.05) is 6.61 Å². The first-order valence-electron chi connectivity index (χ1n) is 6.66. The summed E-state index contributed by atoms with van der Waals surface area (Å²) < 4.78 is 43.8. The fourth-order valence-corrected chi connectivity index (χ4v) is 2.12. The van der Waals surface area contributed by atoms with Gasteiger partial charge in [-0.25, -0.2) is 9.78 Å². The molecule has 1 heterocycles. The number of nitrogens with zero attached hydrogens (tertiary/aromatic N) is 1. The van der Waals surface area contributed by atoms with Crippen molar-refractivity contribution < 1.29 is 22.7 Å². The molecule has 0 amide bonds. The maximum Gasteiger partial charge on any atom is 0.433 e. The van der Waals surface area contributed by atoms with Crippen molar-refractivity contribution in [1.29, 1.82) is 0 Å². The summed E-state index contributed by atoms with van der Waals surface area (Å²) in [6.45, 7) is 3.13. The Morgan fingerprint density at radius 1 is 1.23 bits per heavy atom. The molecule has 0 radical (unpaired) electrons. The monoisotopic (exact) mass is 309 g/mol. The highest BCUT2D eigenvalue weighted by Crippen LogP contribution is 2.34. The summed E-state index contributed by atoms with van der Waals surface area (Å²) in [7, 11) is 0. The van der Waals surface area contributed by atoms with E-state index in [0.29, 0.717) is 5.56 Å². The summed E-state index contributed by atoms with van der Waals surface area (Å²) in [5.74, 6) is -0.680. The molecule has 0 unspecified atom stereocenters. The van der Waals surface area contributed by atoms with E-state index < -0.39 is 17.8 Å². The molecule has 0 aliphatic rings. The molecule has 1 aromatic heterocycles.